The Morgan fingerprint density at radius 1 is 1.14 bits per heavy atom. The van der Waals surface area contributed by atoms with Crippen molar-refractivity contribution in [2.45, 2.75) is 18.7 Å². The van der Waals surface area contributed by atoms with Crippen LogP contribution in [-0.4, -0.2) is 20.9 Å². The number of aryl methyl sites for hydroxylation is 1. The fraction of sp³-hybridized carbons (Fsp3) is 0.120. The van der Waals surface area contributed by atoms with Crippen LogP contribution in [0.25, 0.3) is 6.08 Å². The Balaban J connectivity index is 1.96. The highest BCUT2D eigenvalue weighted by molar-refractivity contribution is 9.10. The molecule has 1 amide bonds. The third kappa shape index (κ3) is 6.59. The van der Waals surface area contributed by atoms with Crippen LogP contribution in [0.1, 0.15) is 18.1 Å². The molecule has 0 radical (unpaired) electrons. The van der Waals surface area contributed by atoms with Gasteiger partial charge < -0.3 is 14.2 Å². The van der Waals surface area contributed by atoms with E-state index in [9.17, 15) is 18.5 Å². The van der Waals surface area contributed by atoms with Crippen molar-refractivity contribution in [2.24, 2.45) is 0 Å². The molecule has 0 aromatic heterocycles. The van der Waals surface area contributed by atoms with Gasteiger partial charge in [0, 0.05) is 0 Å². The smallest absolute Gasteiger partial charge is 0.339 e. The average Bonchev–Trinajstić information content (AvgIpc) is 2.82. The van der Waals surface area contributed by atoms with E-state index in [1.165, 1.54) is 30.3 Å². The van der Waals surface area contributed by atoms with Gasteiger partial charge in [-0.2, -0.15) is 13.7 Å². The molecule has 1 N–H and O–H groups in total. The van der Waals surface area contributed by atoms with Crippen LogP contribution >= 0.6 is 39.1 Å². The fourth-order valence-corrected chi connectivity index (χ4v) is 5.09. The number of hydrogen-bond acceptors (Lipinski definition) is 6. The molecule has 11 heteroatoms. The van der Waals surface area contributed by atoms with Crippen LogP contribution in [0.2, 0.25) is 10.0 Å². The molecule has 0 aliphatic rings. The highest BCUT2D eigenvalue weighted by Gasteiger charge is 2.22. The van der Waals surface area contributed by atoms with Crippen LogP contribution in [-0.2, 0) is 14.9 Å². The monoisotopic (exact) mass is 608 g/mol. The van der Waals surface area contributed by atoms with Crippen molar-refractivity contribution in [3.05, 3.63) is 85.8 Å². The predicted octanol–water partition coefficient (Wildman–Crippen LogP) is 6.78. The average molecular weight is 610 g/mol. The maximum absolute atomic E-state index is 12.8. The molecule has 0 fully saturated rings. The quantitative estimate of drug-likeness (QED) is 0.171. The molecule has 3 aromatic carbocycles. The molecule has 0 heterocycles. The van der Waals surface area contributed by atoms with Gasteiger partial charge in [0.1, 0.15) is 16.5 Å². The van der Waals surface area contributed by atoms with Crippen molar-refractivity contribution in [2.75, 3.05) is 11.9 Å². The molecule has 0 unspecified atom stereocenters. The number of nitriles is 1. The summed E-state index contributed by atoms with van der Waals surface area (Å²) in [6.45, 7) is 3.76. The first-order valence-corrected chi connectivity index (χ1v) is 13.4. The molecule has 0 aliphatic heterocycles. The number of carbonyl (C=O) groups is 1. The number of halogens is 3. The maximum atomic E-state index is 12.8. The highest BCUT2D eigenvalue weighted by Crippen LogP contribution is 2.39. The Morgan fingerprint density at radius 3 is 2.36 bits per heavy atom. The van der Waals surface area contributed by atoms with Gasteiger partial charge in [-0.1, -0.05) is 47.0 Å². The highest BCUT2D eigenvalue weighted by atomic mass is 79.9. The Morgan fingerprint density at radius 2 is 1.78 bits per heavy atom. The molecule has 0 spiro atoms. The van der Waals surface area contributed by atoms with Gasteiger partial charge in [0.25, 0.3) is 5.91 Å². The number of para-hydroxylation sites is 1. The van der Waals surface area contributed by atoms with Gasteiger partial charge in [-0.25, -0.2) is 0 Å². The molecule has 36 heavy (non-hydrogen) atoms. The number of amides is 1. The predicted molar refractivity (Wildman–Crippen MR) is 143 cm³/mol. The number of hydrogen-bond donors (Lipinski definition) is 1. The number of carbonyl (C=O) groups excluding carboxylic acids is 1. The minimum Gasteiger partial charge on any atom is -0.490 e. The van der Waals surface area contributed by atoms with Gasteiger partial charge in [-0.15, -0.1) is 0 Å². The third-order valence-electron chi connectivity index (χ3n) is 4.71. The van der Waals surface area contributed by atoms with E-state index >= 15 is 0 Å². The van der Waals surface area contributed by atoms with Gasteiger partial charge in [0.2, 0.25) is 0 Å². The van der Waals surface area contributed by atoms with E-state index in [4.69, 9.17) is 32.1 Å². The zero-order valence-corrected chi connectivity index (χ0v) is 22.9. The molecule has 3 aromatic rings. The van der Waals surface area contributed by atoms with Crippen LogP contribution in [0, 0.1) is 18.3 Å². The Labute approximate surface area is 227 Å². The molecule has 0 bridgehead atoms. The lowest BCUT2D eigenvalue weighted by atomic mass is 10.1. The standard InChI is InChI=1S/C25H19BrCl2N2O5S/c1-3-34-22-13-16(11-17(14-29)25(31)30-23-20(27)5-4-6-21(23)28)12-19(26)24(22)35-36(32,33)18-9-7-15(2)8-10-18/h4-13H,3H2,1-2H3,(H,30,31)/b17-11+. The number of rotatable bonds is 8. The second-order valence-corrected chi connectivity index (χ2v) is 10.5. The van der Waals surface area contributed by atoms with E-state index in [1.54, 1.807) is 37.3 Å². The molecule has 0 atom stereocenters. The van der Waals surface area contributed by atoms with Gasteiger partial charge in [-0.05, 0) is 77.8 Å². The number of ether oxygens (including phenoxy) is 1. The van der Waals surface area contributed by atoms with Crippen molar-refractivity contribution >= 4 is 66.9 Å². The van der Waals surface area contributed by atoms with Gasteiger partial charge in [0.15, 0.2) is 11.5 Å². The minimum atomic E-state index is -4.16. The largest absolute Gasteiger partial charge is 0.490 e. The zero-order chi connectivity index (χ0) is 26.5. The number of nitrogens with one attached hydrogen (secondary N) is 1. The van der Waals surface area contributed by atoms with Crippen molar-refractivity contribution in [3.63, 3.8) is 0 Å². The SMILES string of the molecule is CCOc1cc(/C=C(\C#N)C(=O)Nc2c(Cl)cccc2Cl)cc(Br)c1OS(=O)(=O)c1ccc(C)cc1. The third-order valence-corrected chi connectivity index (χ3v) is 7.17. The first kappa shape index (κ1) is 27.6. The van der Waals surface area contributed by atoms with Gasteiger partial charge in [-0.3, -0.25) is 4.79 Å². The molecule has 0 saturated carbocycles. The summed E-state index contributed by atoms with van der Waals surface area (Å²) in [6.07, 6.45) is 1.31. The van der Waals surface area contributed by atoms with Crippen molar-refractivity contribution in [3.8, 4) is 17.6 Å². The summed E-state index contributed by atoms with van der Waals surface area (Å²) in [5, 5.41) is 12.5. The van der Waals surface area contributed by atoms with Crippen LogP contribution in [0.15, 0.2) is 69.5 Å². The summed E-state index contributed by atoms with van der Waals surface area (Å²) in [5.74, 6) is -0.704. The van der Waals surface area contributed by atoms with Crippen LogP contribution in [0.4, 0.5) is 5.69 Å². The van der Waals surface area contributed by atoms with E-state index in [2.05, 4.69) is 21.2 Å². The summed E-state index contributed by atoms with van der Waals surface area (Å²) in [5.41, 5.74) is 1.20. The van der Waals surface area contributed by atoms with E-state index in [0.717, 1.165) is 5.56 Å². The maximum Gasteiger partial charge on any atom is 0.339 e. The summed E-state index contributed by atoms with van der Waals surface area (Å²) in [4.78, 5) is 12.7. The molecule has 0 aliphatic carbocycles. The topological polar surface area (TPSA) is 105 Å². The van der Waals surface area contributed by atoms with Gasteiger partial charge >= 0.3 is 10.1 Å². The van der Waals surface area contributed by atoms with E-state index in [-0.39, 0.29) is 48.8 Å². The summed E-state index contributed by atoms with van der Waals surface area (Å²) < 4.78 is 36.9. The summed E-state index contributed by atoms with van der Waals surface area (Å²) in [7, 11) is -4.16. The Kier molecular flexibility index (Phi) is 9.03. The molecule has 186 valence electrons. The molecule has 0 saturated heterocycles. The normalized spacial score (nSPS) is 11.5. The minimum absolute atomic E-state index is 0.0203. The van der Waals surface area contributed by atoms with Gasteiger partial charge in [0.05, 0.1) is 26.8 Å². The fourth-order valence-electron chi connectivity index (χ4n) is 2.99. The van der Waals surface area contributed by atoms with Crippen LogP contribution in [0.3, 0.4) is 0 Å². The first-order chi connectivity index (χ1) is 17.1. The molecule has 7 nitrogen and oxygen atoms in total. The lowest BCUT2D eigenvalue weighted by molar-refractivity contribution is -0.112. The number of benzene rings is 3. The molecular weight excluding hydrogens is 591 g/mol. The van der Waals surface area contributed by atoms with Crippen molar-refractivity contribution < 1.29 is 22.1 Å². The first-order valence-electron chi connectivity index (χ1n) is 10.4. The van der Waals surface area contributed by atoms with Crippen LogP contribution < -0.4 is 14.2 Å². The van der Waals surface area contributed by atoms with Crippen LogP contribution in [0.5, 0.6) is 11.5 Å². The number of nitrogens with zero attached hydrogens (tertiary/aromatic N) is 1. The molecule has 3 rings (SSSR count). The second-order valence-electron chi connectivity index (χ2n) is 7.33. The van der Waals surface area contributed by atoms with Crippen molar-refractivity contribution in [1.82, 2.24) is 0 Å². The van der Waals surface area contributed by atoms with Crippen molar-refractivity contribution in [1.29, 1.82) is 5.26 Å². The Bertz CT molecular complexity index is 1460. The number of anilines is 1. The zero-order valence-electron chi connectivity index (χ0n) is 19.0. The Hall–Kier alpha value is -3.03. The van der Waals surface area contributed by atoms with E-state index < -0.39 is 16.0 Å². The lowest BCUT2D eigenvalue weighted by Gasteiger charge is -2.15. The summed E-state index contributed by atoms with van der Waals surface area (Å²) >= 11 is 15.5. The molecular formula is C25H19BrCl2N2O5S. The lowest BCUT2D eigenvalue weighted by Crippen LogP contribution is -2.14. The second kappa shape index (κ2) is 11.8. The van der Waals surface area contributed by atoms with E-state index in [1.807, 2.05) is 13.0 Å². The van der Waals surface area contributed by atoms with E-state index in [0.29, 0.717) is 5.56 Å². The summed E-state index contributed by atoms with van der Waals surface area (Å²) in [6, 6.07) is 15.7.